The lowest BCUT2D eigenvalue weighted by Crippen LogP contribution is -2.32. The van der Waals surface area contributed by atoms with Crippen LogP contribution in [0.3, 0.4) is 0 Å². The zero-order valence-electron chi connectivity index (χ0n) is 12.9. The Balaban J connectivity index is 1.74. The van der Waals surface area contributed by atoms with Gasteiger partial charge in [-0.1, -0.05) is 17.7 Å². The van der Waals surface area contributed by atoms with Crippen LogP contribution in [0.4, 0.5) is 0 Å². The van der Waals surface area contributed by atoms with Crippen LogP contribution in [0.1, 0.15) is 16.0 Å². The summed E-state index contributed by atoms with van der Waals surface area (Å²) in [6.07, 6.45) is -0.489. The zero-order valence-corrected chi connectivity index (χ0v) is 13.7. The van der Waals surface area contributed by atoms with E-state index in [1.54, 1.807) is 11.3 Å². The number of aliphatic hydroxyl groups is 1. The average Bonchev–Trinajstić information content (AvgIpc) is 2.83. The molecule has 0 aliphatic carbocycles. The summed E-state index contributed by atoms with van der Waals surface area (Å²) in [5.41, 5.74) is 2.52. The number of hydrogen-bond donors (Lipinski definition) is 1. The van der Waals surface area contributed by atoms with Gasteiger partial charge in [0.05, 0.1) is 0 Å². The summed E-state index contributed by atoms with van der Waals surface area (Å²) in [7, 11) is 2.02. The van der Waals surface area contributed by atoms with Gasteiger partial charge in [-0.3, -0.25) is 4.90 Å². The Morgan fingerprint density at radius 1 is 1.19 bits per heavy atom. The minimum atomic E-state index is -0.489. The highest BCUT2D eigenvalue weighted by Gasteiger charge is 2.11. The number of nitrogens with zero attached hydrogens (tertiary/aromatic N) is 1. The summed E-state index contributed by atoms with van der Waals surface area (Å²) >= 11 is 1.76. The van der Waals surface area contributed by atoms with Gasteiger partial charge in [0.1, 0.15) is 18.5 Å². The molecule has 1 heterocycles. The van der Waals surface area contributed by atoms with Gasteiger partial charge in [-0.25, -0.2) is 0 Å². The predicted molar refractivity (Wildman–Crippen MR) is 88.1 cm³/mol. The van der Waals surface area contributed by atoms with E-state index < -0.39 is 6.10 Å². The maximum absolute atomic E-state index is 10.1. The Labute approximate surface area is 130 Å². The number of ether oxygens (including phenoxy) is 1. The van der Waals surface area contributed by atoms with Crippen molar-refractivity contribution in [2.75, 3.05) is 20.2 Å². The lowest BCUT2D eigenvalue weighted by molar-refractivity contribution is 0.0746. The van der Waals surface area contributed by atoms with Crippen molar-refractivity contribution in [2.24, 2.45) is 0 Å². The van der Waals surface area contributed by atoms with Gasteiger partial charge in [-0.05, 0) is 50.0 Å². The lowest BCUT2D eigenvalue weighted by Gasteiger charge is -2.20. The molecule has 2 aromatic rings. The Bertz CT molecular complexity index is 550. The number of aryl methyl sites for hydroxylation is 2. The van der Waals surface area contributed by atoms with E-state index in [-0.39, 0.29) is 0 Å². The third-order valence-corrected chi connectivity index (χ3v) is 4.38. The molecule has 1 aromatic carbocycles. The van der Waals surface area contributed by atoms with Crippen LogP contribution in [0, 0.1) is 13.8 Å². The molecular weight excluding hydrogens is 282 g/mol. The van der Waals surface area contributed by atoms with Crippen molar-refractivity contribution in [3.05, 3.63) is 51.7 Å². The van der Waals surface area contributed by atoms with Gasteiger partial charge < -0.3 is 9.84 Å². The van der Waals surface area contributed by atoms with Crippen LogP contribution in [-0.2, 0) is 6.54 Å². The van der Waals surface area contributed by atoms with Crippen LogP contribution >= 0.6 is 11.3 Å². The summed E-state index contributed by atoms with van der Waals surface area (Å²) in [5.74, 6) is 0.802. The number of likely N-dealkylation sites (N-methyl/N-ethyl adjacent to an activating group) is 1. The number of rotatable bonds is 7. The van der Waals surface area contributed by atoms with E-state index in [9.17, 15) is 5.11 Å². The van der Waals surface area contributed by atoms with Gasteiger partial charge in [-0.2, -0.15) is 0 Å². The number of benzene rings is 1. The van der Waals surface area contributed by atoms with E-state index in [0.717, 1.165) is 12.3 Å². The van der Waals surface area contributed by atoms with Crippen LogP contribution in [0.2, 0.25) is 0 Å². The van der Waals surface area contributed by atoms with Gasteiger partial charge in [0.15, 0.2) is 0 Å². The minimum absolute atomic E-state index is 0.316. The average molecular weight is 305 g/mol. The highest BCUT2D eigenvalue weighted by Crippen LogP contribution is 2.17. The molecule has 0 spiro atoms. The molecule has 1 aromatic heterocycles. The van der Waals surface area contributed by atoms with Crippen LogP contribution in [0.25, 0.3) is 0 Å². The van der Waals surface area contributed by atoms with Crippen LogP contribution in [-0.4, -0.2) is 36.3 Å². The fourth-order valence-corrected chi connectivity index (χ4v) is 3.10. The molecule has 0 aliphatic rings. The first-order valence-electron chi connectivity index (χ1n) is 7.13. The zero-order chi connectivity index (χ0) is 15.2. The van der Waals surface area contributed by atoms with Crippen molar-refractivity contribution in [3.63, 3.8) is 0 Å². The van der Waals surface area contributed by atoms with Gasteiger partial charge in [0.2, 0.25) is 0 Å². The molecule has 0 fully saturated rings. The Hall–Kier alpha value is -1.36. The van der Waals surface area contributed by atoms with Crippen molar-refractivity contribution in [1.82, 2.24) is 4.90 Å². The highest BCUT2D eigenvalue weighted by atomic mass is 32.1. The van der Waals surface area contributed by atoms with E-state index >= 15 is 0 Å². The maximum Gasteiger partial charge on any atom is 0.119 e. The van der Waals surface area contributed by atoms with Crippen LogP contribution in [0.15, 0.2) is 35.7 Å². The van der Waals surface area contributed by atoms with Gasteiger partial charge >= 0.3 is 0 Å². The van der Waals surface area contributed by atoms with E-state index in [1.165, 1.54) is 16.0 Å². The maximum atomic E-state index is 10.1. The third kappa shape index (κ3) is 5.16. The van der Waals surface area contributed by atoms with E-state index in [1.807, 2.05) is 38.2 Å². The second-order valence-electron chi connectivity index (χ2n) is 5.50. The summed E-state index contributed by atoms with van der Waals surface area (Å²) in [5, 5.41) is 12.2. The molecule has 4 heteroatoms. The largest absolute Gasteiger partial charge is 0.491 e. The van der Waals surface area contributed by atoms with Crippen molar-refractivity contribution in [3.8, 4) is 5.75 Å². The molecule has 0 radical (unpaired) electrons. The van der Waals surface area contributed by atoms with Gasteiger partial charge in [0.25, 0.3) is 0 Å². The van der Waals surface area contributed by atoms with Gasteiger partial charge in [0, 0.05) is 18.0 Å². The highest BCUT2D eigenvalue weighted by molar-refractivity contribution is 7.10. The first-order chi connectivity index (χ1) is 10.0. The molecule has 1 atom stereocenters. The molecular formula is C17H23NO2S. The first-order valence-corrected chi connectivity index (χ1v) is 8.01. The topological polar surface area (TPSA) is 32.7 Å². The molecule has 0 saturated carbocycles. The molecule has 3 nitrogen and oxygen atoms in total. The van der Waals surface area contributed by atoms with E-state index in [4.69, 9.17) is 4.74 Å². The third-order valence-electron chi connectivity index (χ3n) is 3.37. The number of thiophene rings is 1. The normalized spacial score (nSPS) is 12.6. The SMILES string of the molecule is Cc1ccc(OCC(O)CN(C)Cc2sccc2C)cc1. The van der Waals surface area contributed by atoms with Crippen molar-refractivity contribution in [1.29, 1.82) is 0 Å². The molecule has 0 saturated heterocycles. The van der Waals surface area contributed by atoms with E-state index in [2.05, 4.69) is 23.3 Å². The predicted octanol–water partition coefficient (Wildman–Crippen LogP) is 3.24. The quantitative estimate of drug-likeness (QED) is 0.852. The Kier molecular flexibility index (Phi) is 5.79. The van der Waals surface area contributed by atoms with E-state index in [0.29, 0.717) is 13.2 Å². The number of hydrogen-bond acceptors (Lipinski definition) is 4. The lowest BCUT2D eigenvalue weighted by atomic mass is 10.2. The molecule has 1 N–H and O–H groups in total. The fourth-order valence-electron chi connectivity index (χ4n) is 2.12. The summed E-state index contributed by atoms with van der Waals surface area (Å²) < 4.78 is 5.61. The van der Waals surface area contributed by atoms with Crippen molar-refractivity contribution < 1.29 is 9.84 Å². The summed E-state index contributed by atoms with van der Waals surface area (Å²) in [6, 6.07) is 10.0. The van der Waals surface area contributed by atoms with Crippen molar-refractivity contribution >= 4 is 11.3 Å². The summed E-state index contributed by atoms with van der Waals surface area (Å²) in [4.78, 5) is 3.48. The fraction of sp³-hybridized carbons (Fsp3) is 0.412. The first kappa shape index (κ1) is 16.0. The van der Waals surface area contributed by atoms with Crippen molar-refractivity contribution in [2.45, 2.75) is 26.5 Å². The molecule has 114 valence electrons. The molecule has 1 unspecified atom stereocenters. The summed E-state index contributed by atoms with van der Waals surface area (Å²) in [6.45, 7) is 5.95. The second-order valence-corrected chi connectivity index (χ2v) is 6.50. The molecule has 0 amide bonds. The molecule has 0 aliphatic heterocycles. The van der Waals surface area contributed by atoms with Gasteiger partial charge in [-0.15, -0.1) is 11.3 Å². The van der Waals surface area contributed by atoms with Crippen LogP contribution in [0.5, 0.6) is 5.75 Å². The Morgan fingerprint density at radius 2 is 1.90 bits per heavy atom. The molecule has 21 heavy (non-hydrogen) atoms. The smallest absolute Gasteiger partial charge is 0.119 e. The monoisotopic (exact) mass is 305 g/mol. The second kappa shape index (κ2) is 7.59. The Morgan fingerprint density at radius 3 is 2.52 bits per heavy atom. The molecule has 0 bridgehead atoms. The molecule has 2 rings (SSSR count). The minimum Gasteiger partial charge on any atom is -0.491 e. The van der Waals surface area contributed by atoms with Crippen LogP contribution < -0.4 is 4.74 Å². The standard InChI is InChI=1S/C17H23NO2S/c1-13-4-6-16(7-5-13)20-12-15(19)10-18(3)11-17-14(2)8-9-21-17/h4-9,15,19H,10-12H2,1-3H3. The number of aliphatic hydroxyl groups excluding tert-OH is 1.